The first-order chi connectivity index (χ1) is 5.86. The molecule has 0 saturated heterocycles. The van der Waals surface area contributed by atoms with Gasteiger partial charge in [0.2, 0.25) is 5.91 Å². The molecule has 6 nitrogen and oxygen atoms in total. The van der Waals surface area contributed by atoms with E-state index < -0.39 is 24.1 Å². The van der Waals surface area contributed by atoms with Crippen LogP contribution < -0.4 is 5.32 Å². The number of aliphatic hydroxyl groups excluding tert-OH is 1. The van der Waals surface area contributed by atoms with Crippen molar-refractivity contribution in [2.24, 2.45) is 0 Å². The quantitative estimate of drug-likeness (QED) is 0.537. The molecule has 76 valence electrons. The summed E-state index contributed by atoms with van der Waals surface area (Å²) in [7, 11) is 2.97. The number of aliphatic hydroxyl groups is 1. The van der Waals surface area contributed by atoms with Gasteiger partial charge in [-0.2, -0.15) is 0 Å². The van der Waals surface area contributed by atoms with Gasteiger partial charge in [-0.25, -0.2) is 4.79 Å². The minimum Gasteiger partial charge on any atom is -0.465 e. The van der Waals surface area contributed by atoms with Crippen LogP contribution in [0, 0.1) is 0 Å². The molecule has 0 aromatic carbocycles. The maximum Gasteiger partial charge on any atom is 0.405 e. The van der Waals surface area contributed by atoms with E-state index in [1.54, 1.807) is 0 Å². The first kappa shape index (κ1) is 11.7. The lowest BCUT2D eigenvalue weighted by atomic mass is 10.1. The number of likely N-dealkylation sites (N-methyl/N-ethyl adjacent to an activating group) is 1. The zero-order valence-corrected chi connectivity index (χ0v) is 7.81. The van der Waals surface area contributed by atoms with Crippen molar-refractivity contribution in [1.29, 1.82) is 0 Å². The van der Waals surface area contributed by atoms with Crippen LogP contribution in [-0.4, -0.2) is 53.4 Å². The van der Waals surface area contributed by atoms with Crippen molar-refractivity contribution in [2.45, 2.75) is 19.1 Å². The van der Waals surface area contributed by atoms with Crippen LogP contribution in [0.25, 0.3) is 0 Å². The minimum atomic E-state index is -1.33. The predicted molar refractivity (Wildman–Crippen MR) is 45.3 cm³/mol. The number of rotatable bonds is 3. The fourth-order valence-corrected chi connectivity index (χ4v) is 0.800. The third-order valence-electron chi connectivity index (χ3n) is 1.47. The molecule has 0 rings (SSSR count). The van der Waals surface area contributed by atoms with Gasteiger partial charge in [0.1, 0.15) is 6.04 Å². The molecule has 0 bridgehead atoms. The molecule has 2 unspecified atom stereocenters. The molecular weight excluding hydrogens is 176 g/mol. The lowest BCUT2D eigenvalue weighted by Crippen LogP contribution is -2.51. The molecule has 0 aromatic rings. The van der Waals surface area contributed by atoms with Crippen LogP contribution in [0.15, 0.2) is 0 Å². The molecule has 6 heteroatoms. The third kappa shape index (κ3) is 3.75. The molecular formula is C7H14N2O4. The summed E-state index contributed by atoms with van der Waals surface area (Å²) in [6, 6.07) is -1.10. The number of hydrogen-bond donors (Lipinski definition) is 3. The van der Waals surface area contributed by atoms with Crippen molar-refractivity contribution in [2.75, 3.05) is 14.1 Å². The van der Waals surface area contributed by atoms with Crippen molar-refractivity contribution in [3.63, 3.8) is 0 Å². The molecule has 0 fully saturated rings. The topological polar surface area (TPSA) is 89.9 Å². The maximum atomic E-state index is 11.3. The minimum absolute atomic E-state index is 0.475. The van der Waals surface area contributed by atoms with Gasteiger partial charge in [-0.15, -0.1) is 0 Å². The Bertz CT molecular complexity index is 203. The van der Waals surface area contributed by atoms with Crippen LogP contribution in [0.4, 0.5) is 4.79 Å². The Labute approximate surface area is 76.2 Å². The molecule has 0 aliphatic rings. The molecule has 0 heterocycles. The molecule has 2 amide bonds. The van der Waals surface area contributed by atoms with E-state index in [0.717, 1.165) is 0 Å². The van der Waals surface area contributed by atoms with E-state index in [2.05, 4.69) is 0 Å². The van der Waals surface area contributed by atoms with Crippen molar-refractivity contribution >= 4 is 12.0 Å². The summed E-state index contributed by atoms with van der Waals surface area (Å²) in [6.07, 6.45) is -2.38. The smallest absolute Gasteiger partial charge is 0.405 e. The first-order valence-electron chi connectivity index (χ1n) is 3.75. The molecule has 3 N–H and O–H groups in total. The van der Waals surface area contributed by atoms with Gasteiger partial charge in [0.25, 0.3) is 0 Å². The van der Waals surface area contributed by atoms with Crippen LogP contribution in [-0.2, 0) is 4.79 Å². The highest BCUT2D eigenvalue weighted by molar-refractivity contribution is 5.85. The Balaban J connectivity index is 4.42. The highest BCUT2D eigenvalue weighted by Gasteiger charge is 2.26. The second-order valence-corrected chi connectivity index (χ2v) is 2.90. The number of nitrogens with zero attached hydrogens (tertiary/aromatic N) is 1. The number of carbonyl (C=O) groups is 2. The highest BCUT2D eigenvalue weighted by atomic mass is 16.4. The Morgan fingerprint density at radius 1 is 1.38 bits per heavy atom. The largest absolute Gasteiger partial charge is 0.465 e. The Kier molecular flexibility index (Phi) is 4.19. The normalized spacial score (nSPS) is 14.5. The predicted octanol–water partition coefficient (Wildman–Crippen LogP) is -0.908. The standard InChI is InChI=1S/C7H14N2O4/c1-4(10)5(8-7(12)13)6(11)9(2)3/h4-5,8,10H,1-3H3,(H,12,13). The van der Waals surface area contributed by atoms with E-state index in [1.807, 2.05) is 5.32 Å². The number of amides is 2. The fourth-order valence-electron chi connectivity index (χ4n) is 0.800. The summed E-state index contributed by atoms with van der Waals surface area (Å²) < 4.78 is 0. The number of carboxylic acid groups (broad SMARTS) is 1. The average molecular weight is 190 g/mol. The molecule has 0 aromatic heterocycles. The molecule has 0 spiro atoms. The Morgan fingerprint density at radius 2 is 1.85 bits per heavy atom. The molecule has 0 radical (unpaired) electrons. The highest BCUT2D eigenvalue weighted by Crippen LogP contribution is 1.96. The monoisotopic (exact) mass is 190 g/mol. The van der Waals surface area contributed by atoms with Gasteiger partial charge in [-0.3, -0.25) is 4.79 Å². The summed E-state index contributed by atoms with van der Waals surface area (Å²) in [6.45, 7) is 1.35. The van der Waals surface area contributed by atoms with Crippen LogP contribution in [0.5, 0.6) is 0 Å². The maximum absolute atomic E-state index is 11.3. The van der Waals surface area contributed by atoms with Crippen molar-refractivity contribution < 1.29 is 19.8 Å². The van der Waals surface area contributed by atoms with E-state index >= 15 is 0 Å². The van der Waals surface area contributed by atoms with Crippen LogP contribution >= 0.6 is 0 Å². The van der Waals surface area contributed by atoms with Gasteiger partial charge in [0, 0.05) is 14.1 Å². The molecule has 0 aliphatic heterocycles. The average Bonchev–Trinajstić information content (AvgIpc) is 1.97. The number of carbonyl (C=O) groups excluding carboxylic acids is 1. The molecule has 2 atom stereocenters. The summed E-state index contributed by atoms with van der Waals surface area (Å²) in [5.41, 5.74) is 0. The first-order valence-corrected chi connectivity index (χ1v) is 3.75. The second kappa shape index (κ2) is 4.66. The Hall–Kier alpha value is -1.30. The molecule has 0 aliphatic carbocycles. The summed E-state index contributed by atoms with van der Waals surface area (Å²) >= 11 is 0. The zero-order valence-electron chi connectivity index (χ0n) is 7.81. The van der Waals surface area contributed by atoms with Gasteiger partial charge >= 0.3 is 6.09 Å². The van der Waals surface area contributed by atoms with Crippen LogP contribution in [0.3, 0.4) is 0 Å². The van der Waals surface area contributed by atoms with Gasteiger partial charge in [-0.05, 0) is 6.92 Å². The molecule has 13 heavy (non-hydrogen) atoms. The summed E-state index contributed by atoms with van der Waals surface area (Å²) in [4.78, 5) is 22.7. The van der Waals surface area contributed by atoms with E-state index in [9.17, 15) is 9.59 Å². The SMILES string of the molecule is CC(O)C(NC(=O)O)C(=O)N(C)C. The van der Waals surface area contributed by atoms with Crippen LogP contribution in [0.1, 0.15) is 6.92 Å². The van der Waals surface area contributed by atoms with Crippen molar-refractivity contribution in [3.05, 3.63) is 0 Å². The van der Waals surface area contributed by atoms with E-state index in [4.69, 9.17) is 10.2 Å². The summed E-state index contributed by atoms with van der Waals surface area (Å²) in [5, 5.41) is 19.4. The van der Waals surface area contributed by atoms with Crippen molar-refractivity contribution in [1.82, 2.24) is 10.2 Å². The number of nitrogens with one attached hydrogen (secondary N) is 1. The summed E-state index contributed by atoms with van der Waals surface area (Å²) in [5.74, 6) is -0.475. The van der Waals surface area contributed by atoms with Gasteiger partial charge in [0.15, 0.2) is 0 Å². The van der Waals surface area contributed by atoms with Crippen molar-refractivity contribution in [3.8, 4) is 0 Å². The van der Waals surface area contributed by atoms with E-state index in [1.165, 1.54) is 25.9 Å². The Morgan fingerprint density at radius 3 is 2.08 bits per heavy atom. The number of hydrogen-bond acceptors (Lipinski definition) is 3. The van der Waals surface area contributed by atoms with Crippen LogP contribution in [0.2, 0.25) is 0 Å². The fraction of sp³-hybridized carbons (Fsp3) is 0.714. The van der Waals surface area contributed by atoms with E-state index in [-0.39, 0.29) is 0 Å². The third-order valence-corrected chi connectivity index (χ3v) is 1.47. The zero-order chi connectivity index (χ0) is 10.6. The lowest BCUT2D eigenvalue weighted by molar-refractivity contribution is -0.133. The van der Waals surface area contributed by atoms with Gasteiger partial charge in [0.05, 0.1) is 6.10 Å². The second-order valence-electron chi connectivity index (χ2n) is 2.90. The van der Waals surface area contributed by atoms with Gasteiger partial charge in [-0.1, -0.05) is 0 Å². The molecule has 0 saturated carbocycles. The van der Waals surface area contributed by atoms with E-state index in [0.29, 0.717) is 0 Å². The lowest BCUT2D eigenvalue weighted by Gasteiger charge is -2.22. The van der Waals surface area contributed by atoms with Gasteiger partial charge < -0.3 is 20.4 Å².